The molecule has 1 saturated carbocycles. The number of hydrogen-bond acceptors (Lipinski definition) is 2. The lowest BCUT2D eigenvalue weighted by molar-refractivity contribution is -0.141. The van der Waals surface area contributed by atoms with Crippen molar-refractivity contribution >= 4 is 11.9 Å². The van der Waals surface area contributed by atoms with Gasteiger partial charge in [0.05, 0.1) is 5.56 Å². The summed E-state index contributed by atoms with van der Waals surface area (Å²) in [6.45, 7) is 5.52. The number of carbonyl (C=O) groups excluding carboxylic acids is 1. The maximum Gasteiger partial charge on any atom is 0.326 e. The first-order valence-corrected chi connectivity index (χ1v) is 8.03. The van der Waals surface area contributed by atoms with Crippen molar-refractivity contribution in [2.24, 2.45) is 0 Å². The van der Waals surface area contributed by atoms with E-state index in [2.05, 4.69) is 4.57 Å². The summed E-state index contributed by atoms with van der Waals surface area (Å²) in [6, 6.07) is 1.54. The Balaban J connectivity index is 2.29. The second-order valence-electron chi connectivity index (χ2n) is 6.38. The highest BCUT2D eigenvalue weighted by atomic mass is 16.4. The molecule has 1 N–H and O–H groups in total. The van der Waals surface area contributed by atoms with E-state index in [1.807, 2.05) is 19.9 Å². The van der Waals surface area contributed by atoms with Gasteiger partial charge in [-0.15, -0.1) is 0 Å². The van der Waals surface area contributed by atoms with E-state index in [-0.39, 0.29) is 5.91 Å². The smallest absolute Gasteiger partial charge is 0.326 e. The molecule has 1 aromatic rings. The molecule has 0 spiro atoms. The average molecular weight is 306 g/mol. The molecule has 0 aromatic carbocycles. The molecule has 1 aliphatic carbocycles. The summed E-state index contributed by atoms with van der Waals surface area (Å²) in [5.74, 6) is -1.21. The minimum absolute atomic E-state index is 0.218. The van der Waals surface area contributed by atoms with E-state index in [9.17, 15) is 9.59 Å². The highest BCUT2D eigenvalue weighted by molar-refractivity contribution is 5.97. The molecule has 1 heterocycles. The average Bonchev–Trinajstić information content (AvgIpc) is 2.80. The fourth-order valence-electron chi connectivity index (χ4n) is 3.43. The number of nitrogens with zero attached hydrogens (tertiary/aromatic N) is 2. The van der Waals surface area contributed by atoms with E-state index in [4.69, 9.17) is 5.11 Å². The third-order valence-corrected chi connectivity index (χ3v) is 4.91. The van der Waals surface area contributed by atoms with Crippen LogP contribution in [-0.4, -0.2) is 39.5 Å². The Kier molecular flexibility index (Phi) is 4.94. The minimum Gasteiger partial charge on any atom is -0.480 e. The van der Waals surface area contributed by atoms with Crippen molar-refractivity contribution in [3.05, 3.63) is 23.0 Å². The van der Waals surface area contributed by atoms with Gasteiger partial charge in [-0.2, -0.15) is 0 Å². The number of aliphatic carboxylic acids is 1. The van der Waals surface area contributed by atoms with Crippen molar-refractivity contribution in [2.45, 2.75) is 65.0 Å². The largest absolute Gasteiger partial charge is 0.480 e. The van der Waals surface area contributed by atoms with Crippen molar-refractivity contribution in [1.82, 2.24) is 9.47 Å². The predicted octanol–water partition coefficient (Wildman–Crippen LogP) is 3.16. The lowest BCUT2D eigenvalue weighted by Gasteiger charge is -2.27. The summed E-state index contributed by atoms with van der Waals surface area (Å²) in [6.07, 6.45) is 6.08. The Morgan fingerprint density at radius 3 is 2.41 bits per heavy atom. The van der Waals surface area contributed by atoms with Crippen LogP contribution in [0.4, 0.5) is 0 Å². The molecule has 1 aromatic heterocycles. The van der Waals surface area contributed by atoms with Gasteiger partial charge in [-0.1, -0.05) is 19.3 Å². The predicted molar refractivity (Wildman–Crippen MR) is 85.2 cm³/mol. The quantitative estimate of drug-likeness (QED) is 0.929. The van der Waals surface area contributed by atoms with Crippen LogP contribution in [0.3, 0.4) is 0 Å². The van der Waals surface area contributed by atoms with E-state index in [1.165, 1.54) is 31.1 Å². The highest BCUT2D eigenvalue weighted by Crippen LogP contribution is 2.32. The standard InChI is InChI=1S/C17H26N2O3/c1-11-10-15(16(20)18(4)13(3)17(21)22)12(2)19(11)14-8-6-5-7-9-14/h10,13-14H,5-9H2,1-4H3,(H,21,22). The fraction of sp³-hybridized carbons (Fsp3) is 0.647. The van der Waals surface area contributed by atoms with Crippen molar-refractivity contribution in [3.8, 4) is 0 Å². The topological polar surface area (TPSA) is 62.5 Å². The van der Waals surface area contributed by atoms with E-state index in [1.54, 1.807) is 7.05 Å². The molecule has 1 amide bonds. The molecule has 0 aliphatic heterocycles. The van der Waals surface area contributed by atoms with Gasteiger partial charge >= 0.3 is 5.97 Å². The van der Waals surface area contributed by atoms with Crippen molar-refractivity contribution < 1.29 is 14.7 Å². The fourth-order valence-corrected chi connectivity index (χ4v) is 3.43. The lowest BCUT2D eigenvalue weighted by atomic mass is 9.95. The molecule has 0 bridgehead atoms. The number of aryl methyl sites for hydroxylation is 1. The second-order valence-corrected chi connectivity index (χ2v) is 6.38. The van der Waals surface area contributed by atoms with Crippen LogP contribution in [0.1, 0.15) is 66.8 Å². The van der Waals surface area contributed by atoms with E-state index in [0.29, 0.717) is 11.6 Å². The maximum atomic E-state index is 12.6. The molecule has 1 aliphatic rings. The van der Waals surface area contributed by atoms with Crippen LogP contribution >= 0.6 is 0 Å². The van der Waals surface area contributed by atoms with Crippen LogP contribution in [0.5, 0.6) is 0 Å². The van der Waals surface area contributed by atoms with E-state index < -0.39 is 12.0 Å². The monoisotopic (exact) mass is 306 g/mol. The van der Waals surface area contributed by atoms with Gasteiger partial charge in [0.1, 0.15) is 6.04 Å². The van der Waals surface area contributed by atoms with E-state index in [0.717, 1.165) is 24.2 Å². The number of aromatic nitrogens is 1. The molecule has 122 valence electrons. The van der Waals surface area contributed by atoms with Crippen LogP contribution in [0.2, 0.25) is 0 Å². The molecule has 1 unspecified atom stereocenters. The van der Waals surface area contributed by atoms with Crippen molar-refractivity contribution in [2.75, 3.05) is 7.05 Å². The van der Waals surface area contributed by atoms with E-state index >= 15 is 0 Å². The summed E-state index contributed by atoms with van der Waals surface area (Å²) in [4.78, 5) is 25.0. The molecule has 1 fully saturated rings. The number of hydrogen-bond donors (Lipinski definition) is 1. The van der Waals surface area contributed by atoms with Crippen molar-refractivity contribution in [1.29, 1.82) is 0 Å². The summed E-state index contributed by atoms with van der Waals surface area (Å²) in [5, 5.41) is 9.08. The zero-order valence-electron chi connectivity index (χ0n) is 13.9. The molecule has 2 rings (SSSR count). The van der Waals surface area contributed by atoms with Gasteiger partial charge in [0, 0.05) is 24.5 Å². The van der Waals surface area contributed by atoms with Crippen molar-refractivity contribution in [3.63, 3.8) is 0 Å². The molecule has 0 saturated heterocycles. The summed E-state index contributed by atoms with van der Waals surface area (Å²) in [7, 11) is 1.55. The normalized spacial score (nSPS) is 17.3. The summed E-state index contributed by atoms with van der Waals surface area (Å²) in [5.41, 5.74) is 2.67. The van der Waals surface area contributed by atoms with Crippen LogP contribution < -0.4 is 0 Å². The van der Waals surface area contributed by atoms with Gasteiger partial charge in [0.2, 0.25) is 0 Å². The number of rotatable bonds is 4. The minimum atomic E-state index is -0.989. The summed E-state index contributed by atoms with van der Waals surface area (Å²) >= 11 is 0. The Bertz CT molecular complexity index is 571. The first kappa shape index (κ1) is 16.6. The maximum absolute atomic E-state index is 12.6. The third-order valence-electron chi connectivity index (χ3n) is 4.91. The van der Waals surface area contributed by atoms with Gasteiger partial charge in [-0.3, -0.25) is 4.79 Å². The third kappa shape index (κ3) is 3.03. The van der Waals surface area contributed by atoms with Gasteiger partial charge in [-0.25, -0.2) is 4.79 Å². The SMILES string of the molecule is Cc1cc(C(=O)N(C)C(C)C(=O)O)c(C)n1C1CCCCC1. The Hall–Kier alpha value is -1.78. The molecule has 22 heavy (non-hydrogen) atoms. The number of carbonyl (C=O) groups is 2. The first-order valence-electron chi connectivity index (χ1n) is 8.03. The molecule has 5 heteroatoms. The number of amides is 1. The Morgan fingerprint density at radius 2 is 1.86 bits per heavy atom. The summed E-state index contributed by atoms with van der Waals surface area (Å²) < 4.78 is 2.27. The molecular formula is C17H26N2O3. The number of likely N-dealkylation sites (N-methyl/N-ethyl adjacent to an activating group) is 1. The number of carboxylic acid groups (broad SMARTS) is 1. The Labute approximate surface area is 131 Å². The zero-order valence-corrected chi connectivity index (χ0v) is 13.9. The van der Waals surface area contributed by atoms with Crippen LogP contribution in [0, 0.1) is 13.8 Å². The first-order chi connectivity index (χ1) is 10.3. The number of carboxylic acids is 1. The van der Waals surface area contributed by atoms with Gasteiger partial charge < -0.3 is 14.6 Å². The molecule has 1 atom stereocenters. The molecule has 0 radical (unpaired) electrons. The van der Waals surface area contributed by atoms with Crippen LogP contribution in [0.15, 0.2) is 6.07 Å². The highest BCUT2D eigenvalue weighted by Gasteiger charge is 2.27. The molecule has 5 nitrogen and oxygen atoms in total. The Morgan fingerprint density at radius 1 is 1.27 bits per heavy atom. The van der Waals surface area contributed by atoms with Crippen LogP contribution in [0.25, 0.3) is 0 Å². The lowest BCUT2D eigenvalue weighted by Crippen LogP contribution is -2.40. The van der Waals surface area contributed by atoms with Gasteiger partial charge in [0.15, 0.2) is 0 Å². The van der Waals surface area contributed by atoms with Crippen LogP contribution in [-0.2, 0) is 4.79 Å². The van der Waals surface area contributed by atoms with Gasteiger partial charge in [0.25, 0.3) is 5.91 Å². The molecular weight excluding hydrogens is 280 g/mol. The second kappa shape index (κ2) is 6.55. The van der Waals surface area contributed by atoms with Gasteiger partial charge in [-0.05, 0) is 39.7 Å². The zero-order chi connectivity index (χ0) is 16.4.